The standard InChI is InChI=1S/C15H23ClFN/c1-3-5-6-12(4-2)10-18-11-13-7-8-14(16)9-15(13)17/h7-9,12,18H,3-6,10-11H2,1-2H3. The Morgan fingerprint density at radius 3 is 2.72 bits per heavy atom. The van der Waals surface area contributed by atoms with E-state index in [0.717, 1.165) is 6.54 Å². The van der Waals surface area contributed by atoms with E-state index in [2.05, 4.69) is 19.2 Å². The summed E-state index contributed by atoms with van der Waals surface area (Å²) in [4.78, 5) is 0. The molecule has 1 atom stereocenters. The molecule has 3 heteroatoms. The zero-order chi connectivity index (χ0) is 13.4. The lowest BCUT2D eigenvalue weighted by Crippen LogP contribution is -2.22. The van der Waals surface area contributed by atoms with Gasteiger partial charge in [-0.15, -0.1) is 0 Å². The second-order valence-electron chi connectivity index (χ2n) is 4.78. The summed E-state index contributed by atoms with van der Waals surface area (Å²) in [5, 5.41) is 3.79. The van der Waals surface area contributed by atoms with E-state index in [1.54, 1.807) is 12.1 Å². The Bertz CT molecular complexity index is 354. The van der Waals surface area contributed by atoms with Gasteiger partial charge in [-0.2, -0.15) is 0 Å². The van der Waals surface area contributed by atoms with Crippen LogP contribution in [0.5, 0.6) is 0 Å². The van der Waals surface area contributed by atoms with E-state index in [0.29, 0.717) is 23.0 Å². The number of hydrogen-bond donors (Lipinski definition) is 1. The average Bonchev–Trinajstić information content (AvgIpc) is 2.36. The van der Waals surface area contributed by atoms with Crippen molar-refractivity contribution in [3.63, 3.8) is 0 Å². The first kappa shape index (κ1) is 15.5. The molecule has 0 saturated carbocycles. The van der Waals surface area contributed by atoms with Crippen LogP contribution in [0.4, 0.5) is 4.39 Å². The van der Waals surface area contributed by atoms with E-state index in [4.69, 9.17) is 11.6 Å². The number of halogens is 2. The molecule has 1 aromatic rings. The van der Waals surface area contributed by atoms with Crippen LogP contribution in [0, 0.1) is 11.7 Å². The Morgan fingerprint density at radius 2 is 2.11 bits per heavy atom. The first-order valence-corrected chi connectivity index (χ1v) is 7.19. The zero-order valence-corrected chi connectivity index (χ0v) is 12.1. The van der Waals surface area contributed by atoms with Gasteiger partial charge in [0.15, 0.2) is 0 Å². The monoisotopic (exact) mass is 271 g/mol. The molecule has 0 aromatic heterocycles. The van der Waals surface area contributed by atoms with Gasteiger partial charge in [0.2, 0.25) is 0 Å². The molecule has 0 spiro atoms. The van der Waals surface area contributed by atoms with Crippen LogP contribution in [-0.4, -0.2) is 6.54 Å². The van der Waals surface area contributed by atoms with Gasteiger partial charge in [-0.05, 0) is 31.0 Å². The highest BCUT2D eigenvalue weighted by Crippen LogP contribution is 2.15. The van der Waals surface area contributed by atoms with Crippen molar-refractivity contribution in [2.75, 3.05) is 6.54 Å². The maximum Gasteiger partial charge on any atom is 0.129 e. The number of unbranched alkanes of at least 4 members (excludes halogenated alkanes) is 1. The van der Waals surface area contributed by atoms with E-state index >= 15 is 0 Å². The topological polar surface area (TPSA) is 12.0 Å². The van der Waals surface area contributed by atoms with Crippen molar-refractivity contribution >= 4 is 11.6 Å². The second-order valence-corrected chi connectivity index (χ2v) is 5.22. The maximum absolute atomic E-state index is 13.5. The highest BCUT2D eigenvalue weighted by atomic mass is 35.5. The number of benzene rings is 1. The third kappa shape index (κ3) is 5.36. The SMILES string of the molecule is CCCCC(CC)CNCc1ccc(Cl)cc1F. The molecule has 1 rings (SSSR count). The highest BCUT2D eigenvalue weighted by molar-refractivity contribution is 6.30. The molecule has 1 N–H and O–H groups in total. The molecule has 18 heavy (non-hydrogen) atoms. The summed E-state index contributed by atoms with van der Waals surface area (Å²) in [6.07, 6.45) is 4.94. The normalized spacial score (nSPS) is 12.7. The summed E-state index contributed by atoms with van der Waals surface area (Å²) in [6, 6.07) is 4.85. The minimum atomic E-state index is -0.225. The van der Waals surface area contributed by atoms with E-state index in [-0.39, 0.29) is 5.82 Å². The highest BCUT2D eigenvalue weighted by Gasteiger charge is 2.07. The van der Waals surface area contributed by atoms with Crippen molar-refractivity contribution in [1.29, 1.82) is 0 Å². The van der Waals surface area contributed by atoms with Gasteiger partial charge in [0, 0.05) is 17.1 Å². The van der Waals surface area contributed by atoms with Crippen LogP contribution in [0.15, 0.2) is 18.2 Å². The second kappa shape index (κ2) is 8.49. The van der Waals surface area contributed by atoms with Crippen molar-refractivity contribution in [1.82, 2.24) is 5.32 Å². The zero-order valence-electron chi connectivity index (χ0n) is 11.3. The fourth-order valence-corrected chi connectivity index (χ4v) is 2.18. The molecule has 0 aliphatic carbocycles. The number of hydrogen-bond acceptors (Lipinski definition) is 1. The molecule has 1 unspecified atom stereocenters. The van der Waals surface area contributed by atoms with Gasteiger partial charge in [-0.3, -0.25) is 0 Å². The smallest absolute Gasteiger partial charge is 0.129 e. The van der Waals surface area contributed by atoms with Crippen LogP contribution in [-0.2, 0) is 6.54 Å². The lowest BCUT2D eigenvalue weighted by atomic mass is 9.99. The minimum Gasteiger partial charge on any atom is -0.312 e. The van der Waals surface area contributed by atoms with Crippen LogP contribution in [0.25, 0.3) is 0 Å². The molecule has 0 saturated heterocycles. The molecule has 0 radical (unpaired) electrons. The molecule has 1 aromatic carbocycles. The fourth-order valence-electron chi connectivity index (χ4n) is 2.02. The van der Waals surface area contributed by atoms with E-state index in [1.165, 1.54) is 31.7 Å². The van der Waals surface area contributed by atoms with Gasteiger partial charge in [0.1, 0.15) is 5.82 Å². The molecule has 0 fully saturated rings. The Kier molecular flexibility index (Phi) is 7.29. The van der Waals surface area contributed by atoms with Gasteiger partial charge >= 0.3 is 0 Å². The van der Waals surface area contributed by atoms with Gasteiger partial charge in [0.05, 0.1) is 0 Å². The largest absolute Gasteiger partial charge is 0.312 e. The van der Waals surface area contributed by atoms with Crippen molar-refractivity contribution in [3.05, 3.63) is 34.6 Å². The van der Waals surface area contributed by atoms with Crippen molar-refractivity contribution < 1.29 is 4.39 Å². The van der Waals surface area contributed by atoms with Crippen LogP contribution in [0.1, 0.15) is 45.1 Å². The summed E-state index contributed by atoms with van der Waals surface area (Å²) < 4.78 is 13.5. The molecule has 0 aliphatic heterocycles. The summed E-state index contributed by atoms with van der Waals surface area (Å²) >= 11 is 5.72. The molecule has 0 aliphatic rings. The van der Waals surface area contributed by atoms with E-state index in [1.807, 2.05) is 0 Å². The lowest BCUT2D eigenvalue weighted by molar-refractivity contribution is 0.417. The maximum atomic E-state index is 13.5. The predicted octanol–water partition coefficient (Wildman–Crippen LogP) is 4.79. The Labute approximate surface area is 115 Å². The molecular weight excluding hydrogens is 249 g/mol. The third-order valence-corrected chi connectivity index (χ3v) is 3.54. The third-order valence-electron chi connectivity index (χ3n) is 3.31. The Balaban J connectivity index is 2.35. The van der Waals surface area contributed by atoms with Gasteiger partial charge in [-0.25, -0.2) is 4.39 Å². The summed E-state index contributed by atoms with van der Waals surface area (Å²) in [6.45, 7) is 5.96. The number of rotatable bonds is 8. The first-order valence-electron chi connectivity index (χ1n) is 6.82. The van der Waals surface area contributed by atoms with Crippen molar-refractivity contribution in [2.45, 2.75) is 46.1 Å². The molecule has 0 heterocycles. The van der Waals surface area contributed by atoms with Gasteiger partial charge in [-0.1, -0.05) is 50.8 Å². The summed E-state index contributed by atoms with van der Waals surface area (Å²) in [7, 11) is 0. The van der Waals surface area contributed by atoms with Crippen LogP contribution < -0.4 is 5.32 Å². The molecular formula is C15H23ClFN. The predicted molar refractivity (Wildman–Crippen MR) is 76.4 cm³/mol. The Hall–Kier alpha value is -0.600. The molecule has 0 bridgehead atoms. The van der Waals surface area contributed by atoms with Crippen LogP contribution >= 0.6 is 11.6 Å². The summed E-state index contributed by atoms with van der Waals surface area (Å²) in [5.74, 6) is 0.469. The molecule has 102 valence electrons. The van der Waals surface area contributed by atoms with Crippen molar-refractivity contribution in [2.24, 2.45) is 5.92 Å². The molecule has 0 amide bonds. The van der Waals surface area contributed by atoms with E-state index in [9.17, 15) is 4.39 Å². The first-order chi connectivity index (χ1) is 8.67. The Morgan fingerprint density at radius 1 is 1.33 bits per heavy atom. The average molecular weight is 272 g/mol. The fraction of sp³-hybridized carbons (Fsp3) is 0.600. The van der Waals surface area contributed by atoms with E-state index < -0.39 is 0 Å². The lowest BCUT2D eigenvalue weighted by Gasteiger charge is -2.15. The van der Waals surface area contributed by atoms with Crippen LogP contribution in [0.3, 0.4) is 0 Å². The number of nitrogens with one attached hydrogen (secondary N) is 1. The van der Waals surface area contributed by atoms with Crippen LogP contribution in [0.2, 0.25) is 5.02 Å². The van der Waals surface area contributed by atoms with Crippen molar-refractivity contribution in [3.8, 4) is 0 Å². The minimum absolute atomic E-state index is 0.225. The van der Waals surface area contributed by atoms with Gasteiger partial charge < -0.3 is 5.32 Å². The molecule has 1 nitrogen and oxygen atoms in total. The quantitative estimate of drug-likeness (QED) is 0.717. The summed E-state index contributed by atoms with van der Waals surface area (Å²) in [5.41, 5.74) is 0.685. The van der Waals surface area contributed by atoms with Gasteiger partial charge in [0.25, 0.3) is 0 Å².